The maximum Gasteiger partial charge on any atom is 0.335 e. The van der Waals surface area contributed by atoms with Crippen LogP contribution < -0.4 is 5.32 Å². The molecule has 7 heteroatoms. The molecule has 4 rings (SSSR count). The molecular formula is C25H29NO5S. The average Bonchev–Trinajstić information content (AvgIpc) is 3.69. The molecule has 0 radical (unpaired) electrons. The van der Waals surface area contributed by atoms with Gasteiger partial charge in [0.1, 0.15) is 6.10 Å². The monoisotopic (exact) mass is 455 g/mol. The fraction of sp³-hybridized carbons (Fsp3) is 0.440. The lowest BCUT2D eigenvalue weighted by molar-refractivity contribution is -0.137. The van der Waals surface area contributed by atoms with Crippen molar-refractivity contribution in [2.45, 2.75) is 67.9 Å². The van der Waals surface area contributed by atoms with Gasteiger partial charge in [0.15, 0.2) is 0 Å². The normalized spacial score (nSPS) is 18.7. The molecule has 1 amide bonds. The minimum Gasteiger partial charge on any atom is -0.478 e. The van der Waals surface area contributed by atoms with E-state index in [1.54, 1.807) is 24.3 Å². The zero-order chi connectivity index (χ0) is 22.9. The molecule has 1 unspecified atom stereocenters. The number of benzene rings is 2. The van der Waals surface area contributed by atoms with E-state index in [1.807, 2.05) is 38.1 Å². The van der Waals surface area contributed by atoms with Gasteiger partial charge < -0.3 is 15.2 Å². The third kappa shape index (κ3) is 5.10. The predicted molar refractivity (Wildman–Crippen MR) is 122 cm³/mol. The van der Waals surface area contributed by atoms with Crippen LogP contribution in [0.5, 0.6) is 0 Å². The van der Waals surface area contributed by atoms with Gasteiger partial charge in [-0.1, -0.05) is 38.1 Å². The molecule has 0 spiro atoms. The van der Waals surface area contributed by atoms with Gasteiger partial charge in [0.05, 0.1) is 28.5 Å². The number of carbonyl (C=O) groups is 2. The first-order valence-electron chi connectivity index (χ1n) is 11.1. The van der Waals surface area contributed by atoms with Crippen LogP contribution in [0.15, 0.2) is 53.4 Å². The van der Waals surface area contributed by atoms with E-state index >= 15 is 0 Å². The van der Waals surface area contributed by atoms with Gasteiger partial charge in [-0.2, -0.15) is 0 Å². The van der Waals surface area contributed by atoms with Gasteiger partial charge in [-0.05, 0) is 67.0 Å². The highest BCUT2D eigenvalue weighted by atomic mass is 32.2. The highest BCUT2D eigenvalue weighted by Gasteiger charge is 2.47. The number of aromatic carboxylic acids is 1. The van der Waals surface area contributed by atoms with Gasteiger partial charge in [0.25, 0.3) is 0 Å². The van der Waals surface area contributed by atoms with Gasteiger partial charge >= 0.3 is 5.97 Å². The Hall–Kier alpha value is -2.51. The number of hydrogen-bond donors (Lipinski definition) is 2. The zero-order valence-electron chi connectivity index (χ0n) is 18.4. The van der Waals surface area contributed by atoms with Crippen molar-refractivity contribution in [3.63, 3.8) is 0 Å². The smallest absolute Gasteiger partial charge is 0.335 e. The van der Waals surface area contributed by atoms with Crippen molar-refractivity contribution in [2.24, 2.45) is 5.92 Å². The predicted octanol–water partition coefficient (Wildman–Crippen LogP) is 4.00. The Morgan fingerprint density at radius 1 is 1.16 bits per heavy atom. The van der Waals surface area contributed by atoms with E-state index in [2.05, 4.69) is 5.32 Å². The Morgan fingerprint density at radius 2 is 1.84 bits per heavy atom. The number of amides is 1. The van der Waals surface area contributed by atoms with Crippen LogP contribution in [0.25, 0.3) is 0 Å². The van der Waals surface area contributed by atoms with Gasteiger partial charge in [-0.25, -0.2) is 4.79 Å². The molecule has 0 aromatic heterocycles. The highest BCUT2D eigenvalue weighted by Crippen LogP contribution is 2.45. The van der Waals surface area contributed by atoms with E-state index in [0.717, 1.165) is 41.7 Å². The molecule has 2 aromatic carbocycles. The summed E-state index contributed by atoms with van der Waals surface area (Å²) in [7, 11) is -0.969. The fourth-order valence-corrected chi connectivity index (χ4v) is 5.27. The van der Waals surface area contributed by atoms with Crippen molar-refractivity contribution < 1.29 is 23.6 Å². The summed E-state index contributed by atoms with van der Waals surface area (Å²) < 4.78 is 18.5. The summed E-state index contributed by atoms with van der Waals surface area (Å²) in [6, 6.07) is 14.3. The Morgan fingerprint density at radius 3 is 2.41 bits per heavy atom. The average molecular weight is 456 g/mol. The maximum absolute atomic E-state index is 13.1. The number of ether oxygens (including phenoxy) is 1. The maximum atomic E-state index is 13.1. The van der Waals surface area contributed by atoms with Crippen LogP contribution >= 0.6 is 0 Å². The molecule has 0 aliphatic heterocycles. The van der Waals surface area contributed by atoms with Crippen molar-refractivity contribution in [3.05, 3.63) is 65.2 Å². The van der Waals surface area contributed by atoms with Crippen LogP contribution in [-0.4, -0.2) is 32.5 Å². The molecule has 6 nitrogen and oxygen atoms in total. The number of hydrogen-bond acceptors (Lipinski definition) is 4. The number of carbonyl (C=O) groups excluding carboxylic acids is 1. The number of nitrogens with one attached hydrogen (secondary N) is 1. The molecule has 2 aliphatic rings. The number of carboxylic acids is 1. The Balaban J connectivity index is 1.40. The lowest BCUT2D eigenvalue weighted by atomic mass is 10.0. The van der Waals surface area contributed by atoms with Crippen LogP contribution in [0.2, 0.25) is 0 Å². The molecule has 0 bridgehead atoms. The van der Waals surface area contributed by atoms with E-state index in [1.165, 1.54) is 0 Å². The molecule has 2 aromatic rings. The minimum absolute atomic E-state index is 0.0241. The molecule has 0 saturated heterocycles. The van der Waals surface area contributed by atoms with Crippen molar-refractivity contribution in [1.82, 2.24) is 5.32 Å². The first-order chi connectivity index (χ1) is 15.3. The second-order valence-electron chi connectivity index (χ2n) is 9.07. The lowest BCUT2D eigenvalue weighted by Gasteiger charge is -2.25. The van der Waals surface area contributed by atoms with E-state index in [4.69, 9.17) is 9.84 Å². The largest absolute Gasteiger partial charge is 0.478 e. The topological polar surface area (TPSA) is 92.7 Å². The van der Waals surface area contributed by atoms with Crippen molar-refractivity contribution in [2.75, 3.05) is 0 Å². The van der Waals surface area contributed by atoms with Gasteiger partial charge in [0, 0.05) is 10.1 Å². The van der Waals surface area contributed by atoms with Gasteiger partial charge in [-0.15, -0.1) is 0 Å². The number of carboxylic acid groups (broad SMARTS) is 1. The van der Waals surface area contributed by atoms with Gasteiger partial charge in [-0.3, -0.25) is 9.00 Å². The summed E-state index contributed by atoms with van der Waals surface area (Å²) in [6.45, 7) is 4.17. The van der Waals surface area contributed by atoms with Crippen molar-refractivity contribution in [1.29, 1.82) is 0 Å². The standard InChI is InChI=1S/C25H29NO5S/c1-16(2)22(31-15-17-4-3-5-21(14-17)32(30)20-10-11-20)23(27)26-25(12-13-25)19-8-6-18(7-9-19)24(28)29/h3-9,14,16,20,22H,10-13,15H2,1-2H3,(H,26,27)(H,28,29)/t22-,32?/m1/s1. The summed E-state index contributed by atoms with van der Waals surface area (Å²) in [5, 5.41) is 12.5. The van der Waals surface area contributed by atoms with Gasteiger partial charge in [0.2, 0.25) is 5.91 Å². The Bertz CT molecular complexity index is 1020. The summed E-state index contributed by atoms with van der Waals surface area (Å²) in [4.78, 5) is 25.0. The van der Waals surface area contributed by atoms with Crippen LogP contribution in [0, 0.1) is 5.92 Å². The molecule has 0 heterocycles. The van der Waals surface area contributed by atoms with E-state index < -0.39 is 28.4 Å². The fourth-order valence-electron chi connectivity index (χ4n) is 3.84. The molecule has 2 N–H and O–H groups in total. The lowest BCUT2D eigenvalue weighted by Crippen LogP contribution is -2.44. The van der Waals surface area contributed by atoms with Crippen LogP contribution in [0.3, 0.4) is 0 Å². The highest BCUT2D eigenvalue weighted by molar-refractivity contribution is 7.86. The van der Waals surface area contributed by atoms with Crippen LogP contribution in [0.4, 0.5) is 0 Å². The first kappa shape index (κ1) is 22.7. The number of rotatable bonds is 10. The molecule has 2 atom stereocenters. The molecule has 170 valence electrons. The third-order valence-electron chi connectivity index (χ3n) is 6.05. The second kappa shape index (κ2) is 9.16. The van der Waals surface area contributed by atoms with Crippen LogP contribution in [0.1, 0.15) is 61.0 Å². The summed E-state index contributed by atoms with van der Waals surface area (Å²) >= 11 is 0. The molecule has 32 heavy (non-hydrogen) atoms. The quantitative estimate of drug-likeness (QED) is 0.565. The Kier molecular flexibility index (Phi) is 6.49. The second-order valence-corrected chi connectivity index (χ2v) is 10.8. The summed E-state index contributed by atoms with van der Waals surface area (Å²) in [6.07, 6.45) is 3.03. The minimum atomic E-state index is -0.969. The van der Waals surface area contributed by atoms with Crippen molar-refractivity contribution in [3.8, 4) is 0 Å². The summed E-state index contributed by atoms with van der Waals surface area (Å²) in [5.41, 5.74) is 1.59. The zero-order valence-corrected chi connectivity index (χ0v) is 19.2. The van der Waals surface area contributed by atoms with E-state index in [-0.39, 0.29) is 29.2 Å². The first-order valence-corrected chi connectivity index (χ1v) is 12.3. The molecule has 2 fully saturated rings. The van der Waals surface area contributed by atoms with Crippen LogP contribution in [-0.2, 0) is 32.5 Å². The SMILES string of the molecule is CC(C)[C@@H](OCc1cccc(S(=O)C2CC2)c1)C(=O)NC1(c2ccc(C(=O)O)cc2)CC1. The molecule has 2 saturated carbocycles. The molecule has 2 aliphatic carbocycles. The molecular weight excluding hydrogens is 426 g/mol. The Labute approximate surface area is 190 Å². The van der Waals surface area contributed by atoms with Crippen molar-refractivity contribution >= 4 is 22.7 Å². The third-order valence-corrected chi connectivity index (χ3v) is 7.84. The van der Waals surface area contributed by atoms with E-state index in [9.17, 15) is 13.8 Å². The van der Waals surface area contributed by atoms with E-state index in [0.29, 0.717) is 0 Å². The summed E-state index contributed by atoms with van der Waals surface area (Å²) in [5.74, 6) is -1.16.